The summed E-state index contributed by atoms with van der Waals surface area (Å²) in [5.74, 6) is 0. The van der Waals surface area contributed by atoms with Crippen molar-refractivity contribution in [2.45, 2.75) is 0 Å². The summed E-state index contributed by atoms with van der Waals surface area (Å²) >= 11 is 0. The van der Waals surface area contributed by atoms with Crippen molar-refractivity contribution < 1.29 is 14.0 Å². The lowest BCUT2D eigenvalue weighted by atomic mass is 10.5. The molecule has 2 aliphatic heterocycles. The number of hydrogen-bond donors (Lipinski definition) is 0. The molecule has 2 rings (SSSR count). The molecule has 0 aromatic carbocycles. The van der Waals surface area contributed by atoms with Crippen molar-refractivity contribution in [3.05, 3.63) is 0 Å². The highest BCUT2D eigenvalue weighted by Crippen LogP contribution is 2.49. The van der Waals surface area contributed by atoms with Gasteiger partial charge in [-0.1, -0.05) is 0 Å². The molecular weight excluding hydrogens is 215 g/mol. The van der Waals surface area contributed by atoms with E-state index in [1.165, 1.54) is 0 Å². The maximum Gasteiger partial charge on any atom is 0.213 e. The Balaban J connectivity index is 1.99. The fraction of sp³-hybridized carbons (Fsp3) is 1.00. The van der Waals surface area contributed by atoms with Crippen LogP contribution in [0.3, 0.4) is 0 Å². The van der Waals surface area contributed by atoms with Gasteiger partial charge in [0.25, 0.3) is 0 Å². The maximum absolute atomic E-state index is 12.7. The van der Waals surface area contributed by atoms with Crippen LogP contribution in [-0.2, 0) is 14.0 Å². The van der Waals surface area contributed by atoms with Crippen LogP contribution in [0.4, 0.5) is 0 Å². The molecule has 0 atom stereocenters. The predicted molar refractivity (Wildman–Crippen MR) is 58.3 cm³/mol. The van der Waals surface area contributed by atoms with Crippen LogP contribution in [0.25, 0.3) is 0 Å². The van der Waals surface area contributed by atoms with Crippen LogP contribution >= 0.6 is 7.44 Å². The van der Waals surface area contributed by atoms with Crippen molar-refractivity contribution in [2.24, 2.45) is 0 Å². The van der Waals surface area contributed by atoms with Crippen molar-refractivity contribution in [3.63, 3.8) is 0 Å². The molecule has 0 aromatic heterocycles. The van der Waals surface area contributed by atoms with E-state index >= 15 is 0 Å². The van der Waals surface area contributed by atoms with Crippen LogP contribution in [0.15, 0.2) is 0 Å². The van der Waals surface area contributed by atoms with Gasteiger partial charge in [0, 0.05) is 32.8 Å². The zero-order chi connectivity index (χ0) is 10.7. The minimum atomic E-state index is -2.34. The number of hydrogen-bond acceptors (Lipinski definition) is 3. The summed E-state index contributed by atoms with van der Waals surface area (Å²) in [6.07, 6.45) is 0. The van der Waals surface area contributed by atoms with E-state index in [0.29, 0.717) is 26.4 Å². The van der Waals surface area contributed by atoms with Gasteiger partial charge in [-0.15, -0.1) is 0 Å². The molecule has 6 heteroatoms. The zero-order valence-corrected chi connectivity index (χ0v) is 10.1. The highest BCUT2D eigenvalue weighted by atomic mass is 31.2. The first kappa shape index (κ1) is 11.6. The van der Waals surface area contributed by atoms with E-state index in [9.17, 15) is 4.57 Å². The van der Waals surface area contributed by atoms with Crippen LogP contribution in [-0.4, -0.2) is 68.6 Å². The third-order valence-corrected chi connectivity index (χ3v) is 5.92. The second-order valence-electron chi connectivity index (χ2n) is 3.97. The topological polar surface area (TPSA) is 42.0 Å². The van der Waals surface area contributed by atoms with Crippen LogP contribution in [0.1, 0.15) is 0 Å². The highest BCUT2D eigenvalue weighted by molar-refractivity contribution is 7.58. The Kier molecular flexibility index (Phi) is 3.80. The molecule has 0 aromatic rings. The second-order valence-corrected chi connectivity index (χ2v) is 6.77. The molecule has 0 bridgehead atoms. The van der Waals surface area contributed by atoms with E-state index < -0.39 is 7.44 Å². The van der Waals surface area contributed by atoms with Gasteiger partial charge in [-0.3, -0.25) is 4.57 Å². The van der Waals surface area contributed by atoms with Crippen LogP contribution in [0.5, 0.6) is 0 Å². The number of rotatable bonds is 2. The van der Waals surface area contributed by atoms with Gasteiger partial charge >= 0.3 is 0 Å². The monoisotopic (exact) mass is 234 g/mol. The van der Waals surface area contributed by atoms with Gasteiger partial charge in [0.2, 0.25) is 7.44 Å². The standard InChI is InChI=1S/C9H19N2O3P/c1-15(12,10-2-6-13-7-3-10)11-4-8-14-9-5-11/h2-9H2,1H3. The van der Waals surface area contributed by atoms with E-state index in [4.69, 9.17) is 9.47 Å². The Morgan fingerprint density at radius 2 is 1.20 bits per heavy atom. The first-order chi connectivity index (χ1) is 7.21. The minimum Gasteiger partial charge on any atom is -0.379 e. The smallest absolute Gasteiger partial charge is 0.213 e. The second kappa shape index (κ2) is 4.93. The van der Waals surface area contributed by atoms with Gasteiger partial charge in [0.15, 0.2) is 0 Å². The number of ether oxygens (including phenoxy) is 2. The molecule has 0 saturated carbocycles. The molecule has 2 heterocycles. The molecule has 5 nitrogen and oxygen atoms in total. The number of nitrogens with zero attached hydrogens (tertiary/aromatic N) is 2. The molecule has 0 spiro atoms. The average Bonchev–Trinajstić information content (AvgIpc) is 2.31. The van der Waals surface area contributed by atoms with E-state index in [0.717, 1.165) is 26.2 Å². The van der Waals surface area contributed by atoms with E-state index in [1.54, 1.807) is 0 Å². The lowest BCUT2D eigenvalue weighted by Crippen LogP contribution is -2.42. The molecule has 2 saturated heterocycles. The summed E-state index contributed by atoms with van der Waals surface area (Å²) in [6, 6.07) is 0. The first-order valence-corrected chi connectivity index (χ1v) is 7.51. The summed E-state index contributed by atoms with van der Waals surface area (Å²) in [5, 5.41) is 0. The van der Waals surface area contributed by atoms with Crippen LogP contribution in [0, 0.1) is 0 Å². The van der Waals surface area contributed by atoms with Crippen molar-refractivity contribution in [1.82, 2.24) is 9.34 Å². The molecule has 0 N–H and O–H groups in total. The minimum absolute atomic E-state index is 0.697. The summed E-state index contributed by atoms with van der Waals surface area (Å²) in [6.45, 7) is 7.78. The van der Waals surface area contributed by atoms with Gasteiger partial charge in [0.05, 0.1) is 26.4 Å². The summed E-state index contributed by atoms with van der Waals surface area (Å²) in [5.41, 5.74) is 0. The fourth-order valence-corrected chi connectivity index (χ4v) is 4.20. The third-order valence-electron chi connectivity index (χ3n) is 3.02. The first-order valence-electron chi connectivity index (χ1n) is 5.45. The Morgan fingerprint density at radius 1 is 0.867 bits per heavy atom. The molecule has 0 aliphatic carbocycles. The molecule has 15 heavy (non-hydrogen) atoms. The van der Waals surface area contributed by atoms with Gasteiger partial charge < -0.3 is 9.47 Å². The third kappa shape index (κ3) is 2.60. The van der Waals surface area contributed by atoms with Gasteiger partial charge in [-0.05, 0) is 0 Å². The Bertz CT molecular complexity index is 228. The molecule has 0 radical (unpaired) electrons. The maximum atomic E-state index is 12.7. The Morgan fingerprint density at radius 3 is 1.53 bits per heavy atom. The van der Waals surface area contributed by atoms with Gasteiger partial charge in [-0.25, -0.2) is 9.34 Å². The molecule has 88 valence electrons. The average molecular weight is 234 g/mol. The van der Waals surface area contributed by atoms with E-state index in [-0.39, 0.29) is 0 Å². The van der Waals surface area contributed by atoms with Gasteiger partial charge in [-0.2, -0.15) is 0 Å². The van der Waals surface area contributed by atoms with Crippen molar-refractivity contribution in [1.29, 1.82) is 0 Å². The number of morpholine rings is 2. The lowest BCUT2D eigenvalue weighted by molar-refractivity contribution is 0.0531. The predicted octanol–water partition coefficient (Wildman–Crippen LogP) is 0.474. The molecule has 0 unspecified atom stereocenters. The van der Waals surface area contributed by atoms with Crippen LogP contribution < -0.4 is 0 Å². The molecule has 0 amide bonds. The normalized spacial score (nSPS) is 26.7. The quantitative estimate of drug-likeness (QED) is 0.650. The zero-order valence-electron chi connectivity index (χ0n) is 9.22. The molecule has 2 aliphatic rings. The van der Waals surface area contributed by atoms with Crippen LogP contribution in [0.2, 0.25) is 0 Å². The Labute approximate surface area is 90.8 Å². The molecule has 2 fully saturated rings. The molecular formula is C9H19N2O3P. The summed E-state index contributed by atoms with van der Waals surface area (Å²) < 4.78 is 27.4. The van der Waals surface area contributed by atoms with Gasteiger partial charge in [0.1, 0.15) is 0 Å². The fourth-order valence-electron chi connectivity index (χ4n) is 2.03. The summed E-state index contributed by atoms with van der Waals surface area (Å²) in [4.78, 5) is 0. The van der Waals surface area contributed by atoms with E-state index in [2.05, 4.69) is 9.34 Å². The largest absolute Gasteiger partial charge is 0.379 e. The van der Waals surface area contributed by atoms with E-state index in [1.807, 2.05) is 6.66 Å². The SMILES string of the molecule is CP(=O)(N1CCOCC1)N1CCOCC1. The highest BCUT2D eigenvalue weighted by Gasteiger charge is 2.33. The van der Waals surface area contributed by atoms with Crippen molar-refractivity contribution >= 4 is 7.44 Å². The van der Waals surface area contributed by atoms with Crippen molar-refractivity contribution in [2.75, 3.05) is 59.3 Å². The Hall–Kier alpha value is 0.0700. The van der Waals surface area contributed by atoms with Crippen molar-refractivity contribution in [3.8, 4) is 0 Å². The lowest BCUT2D eigenvalue weighted by Gasteiger charge is -2.40. The summed E-state index contributed by atoms with van der Waals surface area (Å²) in [7, 11) is -2.34.